The molecular formula is C10H17NS. The Morgan fingerprint density at radius 2 is 2.33 bits per heavy atom. The zero-order valence-corrected chi connectivity index (χ0v) is 8.66. The van der Waals surface area contributed by atoms with Crippen molar-refractivity contribution in [2.24, 2.45) is 11.7 Å². The number of hydrogen-bond acceptors (Lipinski definition) is 2. The monoisotopic (exact) mass is 183 g/mol. The average molecular weight is 183 g/mol. The molecule has 1 aromatic heterocycles. The lowest BCUT2D eigenvalue weighted by Crippen LogP contribution is -2.07. The molecule has 0 aliphatic carbocycles. The van der Waals surface area contributed by atoms with Gasteiger partial charge >= 0.3 is 0 Å². The van der Waals surface area contributed by atoms with Crippen LogP contribution in [0, 0.1) is 12.8 Å². The maximum absolute atomic E-state index is 5.50. The van der Waals surface area contributed by atoms with Gasteiger partial charge in [-0.05, 0) is 49.2 Å². The van der Waals surface area contributed by atoms with Crippen LogP contribution in [0.2, 0.25) is 0 Å². The summed E-state index contributed by atoms with van der Waals surface area (Å²) in [6, 6.07) is 2.19. The number of nitrogens with two attached hydrogens (primary N) is 1. The highest BCUT2D eigenvalue weighted by Crippen LogP contribution is 2.20. The maximum atomic E-state index is 5.50. The normalized spacial score (nSPS) is 13.2. The second kappa shape index (κ2) is 4.63. The van der Waals surface area contributed by atoms with E-state index in [4.69, 9.17) is 5.73 Å². The molecule has 0 saturated carbocycles. The van der Waals surface area contributed by atoms with Gasteiger partial charge in [-0.3, -0.25) is 0 Å². The van der Waals surface area contributed by atoms with Gasteiger partial charge in [-0.1, -0.05) is 6.92 Å². The van der Waals surface area contributed by atoms with Crippen molar-refractivity contribution in [1.29, 1.82) is 0 Å². The Morgan fingerprint density at radius 1 is 1.58 bits per heavy atom. The van der Waals surface area contributed by atoms with Crippen LogP contribution in [0.5, 0.6) is 0 Å². The van der Waals surface area contributed by atoms with Crippen molar-refractivity contribution in [2.75, 3.05) is 6.54 Å². The fourth-order valence-electron chi connectivity index (χ4n) is 1.32. The van der Waals surface area contributed by atoms with Crippen molar-refractivity contribution in [3.8, 4) is 0 Å². The van der Waals surface area contributed by atoms with Crippen molar-refractivity contribution in [3.63, 3.8) is 0 Å². The summed E-state index contributed by atoms with van der Waals surface area (Å²) in [6.45, 7) is 5.26. The lowest BCUT2D eigenvalue weighted by molar-refractivity contribution is 0.541. The smallest absolute Gasteiger partial charge is 0.00770 e. The second-order valence-electron chi connectivity index (χ2n) is 3.41. The van der Waals surface area contributed by atoms with E-state index in [-0.39, 0.29) is 0 Å². The summed E-state index contributed by atoms with van der Waals surface area (Å²) in [7, 11) is 0. The average Bonchev–Trinajstić information content (AvgIpc) is 2.37. The Hall–Kier alpha value is -0.340. The molecule has 0 fully saturated rings. The van der Waals surface area contributed by atoms with E-state index in [9.17, 15) is 0 Å². The van der Waals surface area contributed by atoms with E-state index in [2.05, 4.69) is 25.3 Å². The van der Waals surface area contributed by atoms with Crippen molar-refractivity contribution < 1.29 is 0 Å². The summed E-state index contributed by atoms with van der Waals surface area (Å²) in [5.74, 6) is 0.729. The fourth-order valence-corrected chi connectivity index (χ4v) is 2.39. The summed E-state index contributed by atoms with van der Waals surface area (Å²) in [6.07, 6.45) is 2.33. The molecule has 0 bridgehead atoms. The van der Waals surface area contributed by atoms with Crippen molar-refractivity contribution >= 4 is 11.3 Å². The SMILES string of the molecule is Cc1ccsc1CC(C)CCN. The molecule has 1 heterocycles. The molecule has 0 aliphatic rings. The highest BCUT2D eigenvalue weighted by atomic mass is 32.1. The van der Waals surface area contributed by atoms with E-state index < -0.39 is 0 Å². The Kier molecular flexibility index (Phi) is 3.76. The third-order valence-electron chi connectivity index (χ3n) is 2.16. The van der Waals surface area contributed by atoms with Crippen LogP contribution in [0.15, 0.2) is 11.4 Å². The molecule has 0 aromatic carbocycles. The minimum Gasteiger partial charge on any atom is -0.330 e. The topological polar surface area (TPSA) is 26.0 Å². The van der Waals surface area contributed by atoms with E-state index in [1.165, 1.54) is 16.9 Å². The number of hydrogen-bond donors (Lipinski definition) is 1. The molecule has 2 heteroatoms. The number of rotatable bonds is 4. The Labute approximate surface area is 78.6 Å². The molecule has 0 aliphatic heterocycles. The molecule has 12 heavy (non-hydrogen) atoms. The molecule has 0 amide bonds. The summed E-state index contributed by atoms with van der Waals surface area (Å²) >= 11 is 1.86. The third kappa shape index (κ3) is 2.61. The molecule has 0 saturated heterocycles. The van der Waals surface area contributed by atoms with Gasteiger partial charge < -0.3 is 5.73 Å². The lowest BCUT2D eigenvalue weighted by atomic mass is 10.0. The second-order valence-corrected chi connectivity index (χ2v) is 4.41. The molecule has 1 atom stereocenters. The van der Waals surface area contributed by atoms with Crippen molar-refractivity contribution in [1.82, 2.24) is 0 Å². The van der Waals surface area contributed by atoms with Crippen LogP contribution in [0.1, 0.15) is 23.8 Å². The third-order valence-corrected chi connectivity index (χ3v) is 3.21. The van der Waals surface area contributed by atoms with Crippen LogP contribution in [-0.4, -0.2) is 6.54 Å². The molecule has 1 nitrogen and oxygen atoms in total. The molecular weight excluding hydrogens is 166 g/mol. The van der Waals surface area contributed by atoms with Crippen LogP contribution in [0.25, 0.3) is 0 Å². The standard InChI is InChI=1S/C10H17NS/c1-8(3-5-11)7-10-9(2)4-6-12-10/h4,6,8H,3,5,7,11H2,1-2H3. The zero-order valence-electron chi connectivity index (χ0n) is 7.84. The van der Waals surface area contributed by atoms with Gasteiger partial charge in [-0.25, -0.2) is 0 Å². The van der Waals surface area contributed by atoms with Crippen LogP contribution >= 0.6 is 11.3 Å². The van der Waals surface area contributed by atoms with E-state index in [1.807, 2.05) is 11.3 Å². The lowest BCUT2D eigenvalue weighted by Gasteiger charge is -2.08. The van der Waals surface area contributed by atoms with E-state index in [0.29, 0.717) is 0 Å². The first-order valence-electron chi connectivity index (χ1n) is 4.47. The largest absolute Gasteiger partial charge is 0.330 e. The predicted octanol–water partition coefficient (Wildman–Crippen LogP) is 2.58. The van der Waals surface area contributed by atoms with Crippen LogP contribution < -0.4 is 5.73 Å². The minimum absolute atomic E-state index is 0.729. The fraction of sp³-hybridized carbons (Fsp3) is 0.600. The van der Waals surface area contributed by atoms with E-state index in [0.717, 1.165) is 18.9 Å². The predicted molar refractivity (Wildman–Crippen MR) is 55.6 cm³/mol. The zero-order chi connectivity index (χ0) is 8.97. The van der Waals surface area contributed by atoms with Gasteiger partial charge in [0, 0.05) is 4.88 Å². The van der Waals surface area contributed by atoms with Gasteiger partial charge in [-0.15, -0.1) is 11.3 Å². The van der Waals surface area contributed by atoms with Crippen molar-refractivity contribution in [3.05, 3.63) is 21.9 Å². The Bertz CT molecular complexity index is 229. The minimum atomic E-state index is 0.729. The maximum Gasteiger partial charge on any atom is 0.00770 e. The first-order chi connectivity index (χ1) is 5.74. The number of thiophene rings is 1. The summed E-state index contributed by atoms with van der Waals surface area (Å²) in [5, 5.41) is 2.17. The first kappa shape index (κ1) is 9.75. The Balaban J connectivity index is 2.46. The molecule has 2 N–H and O–H groups in total. The van der Waals surface area contributed by atoms with Crippen LogP contribution in [-0.2, 0) is 6.42 Å². The van der Waals surface area contributed by atoms with Gasteiger partial charge in [-0.2, -0.15) is 0 Å². The molecule has 0 radical (unpaired) electrons. The van der Waals surface area contributed by atoms with Gasteiger partial charge in [0.15, 0.2) is 0 Å². The van der Waals surface area contributed by atoms with E-state index in [1.54, 1.807) is 0 Å². The molecule has 0 spiro atoms. The highest BCUT2D eigenvalue weighted by Gasteiger charge is 2.05. The van der Waals surface area contributed by atoms with Gasteiger partial charge in [0.05, 0.1) is 0 Å². The summed E-state index contributed by atoms with van der Waals surface area (Å²) in [5.41, 5.74) is 6.93. The summed E-state index contributed by atoms with van der Waals surface area (Å²) < 4.78 is 0. The molecule has 1 aromatic rings. The van der Waals surface area contributed by atoms with E-state index >= 15 is 0 Å². The van der Waals surface area contributed by atoms with Crippen LogP contribution in [0.3, 0.4) is 0 Å². The van der Waals surface area contributed by atoms with Crippen molar-refractivity contribution in [2.45, 2.75) is 26.7 Å². The van der Waals surface area contributed by atoms with Gasteiger partial charge in [0.1, 0.15) is 0 Å². The first-order valence-corrected chi connectivity index (χ1v) is 5.35. The highest BCUT2D eigenvalue weighted by molar-refractivity contribution is 7.10. The van der Waals surface area contributed by atoms with Gasteiger partial charge in [0.2, 0.25) is 0 Å². The number of aryl methyl sites for hydroxylation is 1. The Morgan fingerprint density at radius 3 is 2.83 bits per heavy atom. The van der Waals surface area contributed by atoms with Crippen LogP contribution in [0.4, 0.5) is 0 Å². The molecule has 1 rings (SSSR count). The quantitative estimate of drug-likeness (QED) is 0.763. The molecule has 68 valence electrons. The molecule has 1 unspecified atom stereocenters. The summed E-state index contributed by atoms with van der Waals surface area (Å²) in [4.78, 5) is 1.52. The van der Waals surface area contributed by atoms with Gasteiger partial charge in [0.25, 0.3) is 0 Å².